The van der Waals surface area contributed by atoms with Gasteiger partial charge >= 0.3 is 12.0 Å². The van der Waals surface area contributed by atoms with Crippen LogP contribution < -0.4 is 10.9 Å². The number of esters is 1. The number of hydrogen-bond donors (Lipinski definition) is 1. The van der Waals surface area contributed by atoms with E-state index < -0.39 is 12.0 Å². The zero-order chi connectivity index (χ0) is 25.5. The van der Waals surface area contributed by atoms with Crippen molar-refractivity contribution in [3.05, 3.63) is 70.3 Å². The molecular weight excluding hydrogens is 444 g/mol. The van der Waals surface area contributed by atoms with Gasteiger partial charge in [0.15, 0.2) is 0 Å². The number of rotatable bonds is 9. The van der Waals surface area contributed by atoms with Crippen LogP contribution in [0.2, 0.25) is 0 Å². The third-order valence-corrected chi connectivity index (χ3v) is 5.90. The van der Waals surface area contributed by atoms with Crippen molar-refractivity contribution in [2.24, 2.45) is 5.92 Å². The Labute approximate surface area is 205 Å². The predicted molar refractivity (Wildman–Crippen MR) is 138 cm³/mol. The van der Waals surface area contributed by atoms with Gasteiger partial charge in [0.2, 0.25) is 0 Å². The van der Waals surface area contributed by atoms with E-state index in [0.29, 0.717) is 53.6 Å². The molecule has 186 valence electrons. The van der Waals surface area contributed by atoms with Crippen LogP contribution in [0.1, 0.15) is 63.3 Å². The Morgan fingerprint density at radius 3 is 2.37 bits per heavy atom. The van der Waals surface area contributed by atoms with E-state index in [1.807, 2.05) is 32.0 Å². The number of carbonyl (C=O) groups excluding carboxylic acids is 2. The summed E-state index contributed by atoms with van der Waals surface area (Å²) < 4.78 is 6.65. The first kappa shape index (κ1) is 25.9. The highest BCUT2D eigenvalue weighted by molar-refractivity contribution is 5.92. The fourth-order valence-electron chi connectivity index (χ4n) is 3.92. The molecule has 1 aromatic heterocycles. The maximum atomic E-state index is 13.4. The Hall–Kier alpha value is -3.68. The largest absolute Gasteiger partial charge is 0.462 e. The third-order valence-electron chi connectivity index (χ3n) is 5.90. The van der Waals surface area contributed by atoms with Gasteiger partial charge in [0.25, 0.3) is 5.56 Å². The number of fused-ring (bicyclic) bond motifs is 1. The average Bonchev–Trinajstić information content (AvgIpc) is 2.84. The van der Waals surface area contributed by atoms with Crippen molar-refractivity contribution in [3.8, 4) is 0 Å². The van der Waals surface area contributed by atoms with Crippen molar-refractivity contribution >= 4 is 28.6 Å². The molecule has 0 bridgehead atoms. The minimum Gasteiger partial charge on any atom is -0.462 e. The van der Waals surface area contributed by atoms with E-state index in [2.05, 4.69) is 19.2 Å². The van der Waals surface area contributed by atoms with Crippen molar-refractivity contribution < 1.29 is 14.3 Å². The molecule has 0 saturated carbocycles. The van der Waals surface area contributed by atoms with Gasteiger partial charge in [0.05, 0.1) is 29.1 Å². The van der Waals surface area contributed by atoms with Crippen LogP contribution in [0.25, 0.3) is 10.9 Å². The lowest BCUT2D eigenvalue weighted by atomic mass is 10.1. The van der Waals surface area contributed by atoms with Gasteiger partial charge in [0.1, 0.15) is 5.82 Å². The van der Waals surface area contributed by atoms with Crippen LogP contribution in [0.4, 0.5) is 10.5 Å². The van der Waals surface area contributed by atoms with Crippen LogP contribution in [0.3, 0.4) is 0 Å². The molecule has 2 aromatic carbocycles. The maximum Gasteiger partial charge on any atom is 0.338 e. The molecule has 3 rings (SSSR count). The summed E-state index contributed by atoms with van der Waals surface area (Å²) in [6.07, 6.45) is 0.795. The first-order valence-corrected chi connectivity index (χ1v) is 12.1. The van der Waals surface area contributed by atoms with Crippen LogP contribution >= 0.6 is 0 Å². The van der Waals surface area contributed by atoms with Crippen molar-refractivity contribution in [1.29, 1.82) is 0 Å². The fourth-order valence-corrected chi connectivity index (χ4v) is 3.92. The molecule has 0 radical (unpaired) electrons. The van der Waals surface area contributed by atoms with Gasteiger partial charge in [-0.1, -0.05) is 26.0 Å². The number of aromatic nitrogens is 2. The number of ether oxygens (including phenoxy) is 1. The summed E-state index contributed by atoms with van der Waals surface area (Å²) in [7, 11) is 0. The molecule has 2 amide bonds. The van der Waals surface area contributed by atoms with Gasteiger partial charge in [-0.15, -0.1) is 0 Å². The number of nitrogens with one attached hydrogen (secondary N) is 1. The zero-order valence-corrected chi connectivity index (χ0v) is 21.1. The molecule has 3 aromatic rings. The quantitative estimate of drug-likeness (QED) is 0.425. The predicted octanol–water partition coefficient (Wildman–Crippen LogP) is 5.23. The lowest BCUT2D eigenvalue weighted by molar-refractivity contribution is 0.0526. The molecule has 8 heteroatoms. The summed E-state index contributed by atoms with van der Waals surface area (Å²) in [4.78, 5) is 45.0. The first-order valence-electron chi connectivity index (χ1n) is 12.1. The minimum atomic E-state index is -0.440. The van der Waals surface area contributed by atoms with Gasteiger partial charge in [-0.25, -0.2) is 14.6 Å². The molecular formula is C27H34N4O4. The summed E-state index contributed by atoms with van der Waals surface area (Å²) in [6.45, 7) is 11.0. The highest BCUT2D eigenvalue weighted by atomic mass is 16.5. The second-order valence-electron chi connectivity index (χ2n) is 8.82. The lowest BCUT2D eigenvalue weighted by Gasteiger charge is -2.31. The molecule has 0 fully saturated rings. The Bertz CT molecular complexity index is 1230. The number of amides is 2. The van der Waals surface area contributed by atoms with Gasteiger partial charge in [-0.3, -0.25) is 9.36 Å². The van der Waals surface area contributed by atoms with Crippen molar-refractivity contribution in [1.82, 2.24) is 14.5 Å². The third kappa shape index (κ3) is 6.07. The normalized spacial score (nSPS) is 11.9. The fraction of sp³-hybridized carbons (Fsp3) is 0.407. The Morgan fingerprint density at radius 1 is 1.06 bits per heavy atom. The number of anilines is 1. The molecule has 35 heavy (non-hydrogen) atoms. The number of benzene rings is 2. The number of carbonyl (C=O) groups is 2. The molecule has 0 aliphatic heterocycles. The number of nitrogens with zero attached hydrogens (tertiary/aromatic N) is 3. The van der Waals surface area contributed by atoms with Gasteiger partial charge < -0.3 is 15.0 Å². The number of para-hydroxylation sites is 1. The molecule has 1 atom stereocenters. The van der Waals surface area contributed by atoms with E-state index in [0.717, 1.165) is 6.42 Å². The molecule has 0 aliphatic rings. The highest BCUT2D eigenvalue weighted by Gasteiger charge is 2.26. The maximum absolute atomic E-state index is 13.4. The first-order chi connectivity index (χ1) is 16.8. The van der Waals surface area contributed by atoms with Gasteiger partial charge in [0, 0.05) is 18.8 Å². The van der Waals surface area contributed by atoms with Crippen molar-refractivity contribution in [3.63, 3.8) is 0 Å². The second-order valence-corrected chi connectivity index (χ2v) is 8.82. The molecule has 1 heterocycles. The summed E-state index contributed by atoms with van der Waals surface area (Å²) in [6, 6.07) is 13.1. The highest BCUT2D eigenvalue weighted by Crippen LogP contribution is 2.23. The van der Waals surface area contributed by atoms with E-state index >= 15 is 0 Å². The molecule has 0 aliphatic carbocycles. The Morgan fingerprint density at radius 2 is 1.74 bits per heavy atom. The molecule has 0 spiro atoms. The average molecular weight is 479 g/mol. The molecule has 1 N–H and O–H groups in total. The van der Waals surface area contributed by atoms with E-state index in [4.69, 9.17) is 9.72 Å². The van der Waals surface area contributed by atoms with Crippen LogP contribution in [0, 0.1) is 5.92 Å². The molecule has 8 nitrogen and oxygen atoms in total. The van der Waals surface area contributed by atoms with E-state index in [-0.39, 0.29) is 11.6 Å². The van der Waals surface area contributed by atoms with Crippen molar-refractivity contribution in [2.75, 3.05) is 18.5 Å². The SMILES string of the molecule is CCOC(=O)c1ccc(NC(=O)N(CCC(C)C)C(C)c2nc3ccccc3c(=O)n2CC)cc1. The van der Waals surface area contributed by atoms with Gasteiger partial charge in [-0.05, 0) is 69.5 Å². The topological polar surface area (TPSA) is 93.5 Å². The lowest BCUT2D eigenvalue weighted by Crippen LogP contribution is -2.41. The summed E-state index contributed by atoms with van der Waals surface area (Å²) >= 11 is 0. The van der Waals surface area contributed by atoms with E-state index in [1.54, 1.807) is 46.7 Å². The van der Waals surface area contributed by atoms with E-state index in [1.165, 1.54) is 0 Å². The second kappa shape index (κ2) is 11.6. The van der Waals surface area contributed by atoms with Gasteiger partial charge in [-0.2, -0.15) is 0 Å². The molecule has 0 saturated heterocycles. The number of urea groups is 1. The number of hydrogen-bond acceptors (Lipinski definition) is 5. The van der Waals surface area contributed by atoms with Crippen LogP contribution in [0.5, 0.6) is 0 Å². The summed E-state index contributed by atoms with van der Waals surface area (Å²) in [5.41, 5.74) is 1.48. The Balaban J connectivity index is 1.92. The van der Waals surface area contributed by atoms with Crippen LogP contribution in [0.15, 0.2) is 53.3 Å². The Kier molecular flexibility index (Phi) is 8.63. The monoisotopic (exact) mass is 478 g/mol. The van der Waals surface area contributed by atoms with Crippen LogP contribution in [-0.2, 0) is 11.3 Å². The summed E-state index contributed by atoms with van der Waals surface area (Å²) in [5.74, 6) is 0.532. The smallest absolute Gasteiger partial charge is 0.338 e. The zero-order valence-electron chi connectivity index (χ0n) is 21.1. The standard InChI is InChI=1S/C27H34N4O4/c1-6-30-24(29-23-11-9-8-10-22(23)25(30)32)19(5)31(17-16-18(3)4)27(34)28-21-14-12-20(13-15-21)26(33)35-7-2/h8-15,18-19H,6-7,16-17H2,1-5H3,(H,28,34). The van der Waals surface area contributed by atoms with Crippen molar-refractivity contribution in [2.45, 2.75) is 53.6 Å². The van der Waals surface area contributed by atoms with Crippen LogP contribution in [-0.4, -0.2) is 39.6 Å². The van der Waals surface area contributed by atoms with E-state index in [9.17, 15) is 14.4 Å². The molecule has 1 unspecified atom stereocenters. The minimum absolute atomic E-state index is 0.112. The summed E-state index contributed by atoms with van der Waals surface area (Å²) in [5, 5.41) is 3.48.